The molecule has 6 nitrogen and oxygen atoms in total. The van der Waals surface area contributed by atoms with E-state index in [2.05, 4.69) is 31.3 Å². The van der Waals surface area contributed by atoms with Gasteiger partial charge in [0.2, 0.25) is 18.6 Å². The van der Waals surface area contributed by atoms with Gasteiger partial charge in [0.1, 0.15) is 0 Å². The van der Waals surface area contributed by atoms with E-state index in [-0.39, 0.29) is 30.9 Å². The second-order valence-electron chi connectivity index (χ2n) is 7.09. The van der Waals surface area contributed by atoms with Crippen molar-refractivity contribution in [3.8, 4) is 11.5 Å². The maximum atomic E-state index is 12.8. The number of amides is 2. The van der Waals surface area contributed by atoms with Gasteiger partial charge in [0.05, 0.1) is 5.92 Å². The van der Waals surface area contributed by atoms with E-state index in [0.717, 1.165) is 29.7 Å². The largest absolute Gasteiger partial charge is 0.454 e. The molecule has 0 spiro atoms. The number of benzene rings is 2. The fraction of sp³-hybridized carbons (Fsp3) is 0.364. The average Bonchev–Trinajstić information content (AvgIpc) is 3.33. The normalized spacial score (nSPS) is 17.9. The summed E-state index contributed by atoms with van der Waals surface area (Å²) < 4.78 is 10.6. The molecule has 1 fully saturated rings. The highest BCUT2D eigenvalue weighted by Gasteiger charge is 2.36. The molecule has 6 heteroatoms. The van der Waals surface area contributed by atoms with Crippen LogP contribution in [0.1, 0.15) is 31.4 Å². The van der Waals surface area contributed by atoms with Crippen molar-refractivity contribution >= 4 is 23.2 Å². The first-order chi connectivity index (χ1) is 13.6. The minimum atomic E-state index is -0.382. The highest BCUT2D eigenvalue weighted by Crippen LogP contribution is 2.35. The molecule has 146 valence electrons. The molecule has 1 saturated heterocycles. The number of ether oxygens (including phenoxy) is 2. The quantitative estimate of drug-likeness (QED) is 0.862. The Morgan fingerprint density at radius 3 is 2.54 bits per heavy atom. The first-order valence-corrected chi connectivity index (χ1v) is 9.72. The van der Waals surface area contributed by atoms with Gasteiger partial charge in [0, 0.05) is 30.4 Å². The predicted molar refractivity (Wildman–Crippen MR) is 107 cm³/mol. The zero-order valence-electron chi connectivity index (χ0n) is 16.2. The molecule has 2 aromatic carbocycles. The van der Waals surface area contributed by atoms with E-state index in [1.165, 1.54) is 0 Å². The Kier molecular flexibility index (Phi) is 4.94. The summed E-state index contributed by atoms with van der Waals surface area (Å²) in [7, 11) is 0. The lowest BCUT2D eigenvalue weighted by Crippen LogP contribution is -2.29. The smallest absolute Gasteiger partial charge is 0.231 e. The van der Waals surface area contributed by atoms with Gasteiger partial charge in [0.25, 0.3) is 0 Å². The Hall–Kier alpha value is -3.02. The number of para-hydroxylation sites is 1. The van der Waals surface area contributed by atoms with Crippen LogP contribution in [-0.4, -0.2) is 25.2 Å². The zero-order chi connectivity index (χ0) is 19.7. The maximum absolute atomic E-state index is 12.8. The van der Waals surface area contributed by atoms with Gasteiger partial charge in [-0.05, 0) is 36.1 Å². The first-order valence-electron chi connectivity index (χ1n) is 9.72. The van der Waals surface area contributed by atoms with Crippen LogP contribution in [0.5, 0.6) is 11.5 Å². The fourth-order valence-electron chi connectivity index (χ4n) is 3.88. The van der Waals surface area contributed by atoms with Crippen LogP contribution < -0.4 is 19.7 Å². The molecule has 1 N–H and O–H groups in total. The van der Waals surface area contributed by atoms with Gasteiger partial charge in [0.15, 0.2) is 11.5 Å². The van der Waals surface area contributed by atoms with E-state index in [0.29, 0.717) is 23.7 Å². The lowest BCUT2D eigenvalue weighted by Gasteiger charge is -2.23. The summed E-state index contributed by atoms with van der Waals surface area (Å²) in [5.41, 5.74) is 3.91. The number of carbonyl (C=O) groups excluding carboxylic acids is 2. The van der Waals surface area contributed by atoms with Gasteiger partial charge in [-0.2, -0.15) is 0 Å². The molecule has 0 bridgehead atoms. The van der Waals surface area contributed by atoms with Crippen molar-refractivity contribution in [2.45, 2.75) is 33.1 Å². The van der Waals surface area contributed by atoms with Crippen molar-refractivity contribution in [3.63, 3.8) is 0 Å². The molecule has 2 aromatic rings. The average molecular weight is 380 g/mol. The van der Waals surface area contributed by atoms with Gasteiger partial charge in [-0.3, -0.25) is 9.59 Å². The van der Waals surface area contributed by atoms with Crippen LogP contribution in [0.3, 0.4) is 0 Å². The van der Waals surface area contributed by atoms with Crippen molar-refractivity contribution in [2.75, 3.05) is 23.6 Å². The third-order valence-electron chi connectivity index (χ3n) is 5.37. The summed E-state index contributed by atoms with van der Waals surface area (Å²) in [5, 5.41) is 2.91. The van der Waals surface area contributed by atoms with Gasteiger partial charge in [-0.25, -0.2) is 0 Å². The van der Waals surface area contributed by atoms with Crippen molar-refractivity contribution < 1.29 is 19.1 Å². The van der Waals surface area contributed by atoms with Crippen molar-refractivity contribution in [1.29, 1.82) is 0 Å². The van der Waals surface area contributed by atoms with E-state index in [4.69, 9.17) is 9.47 Å². The van der Waals surface area contributed by atoms with Crippen LogP contribution >= 0.6 is 0 Å². The van der Waals surface area contributed by atoms with E-state index < -0.39 is 0 Å². The van der Waals surface area contributed by atoms with Crippen LogP contribution in [0, 0.1) is 5.92 Å². The number of fused-ring (bicyclic) bond motifs is 1. The Morgan fingerprint density at radius 2 is 1.82 bits per heavy atom. The van der Waals surface area contributed by atoms with E-state index >= 15 is 0 Å². The molecule has 0 saturated carbocycles. The lowest BCUT2D eigenvalue weighted by molar-refractivity contribution is -0.122. The second kappa shape index (κ2) is 7.54. The summed E-state index contributed by atoms with van der Waals surface area (Å²) >= 11 is 0. The molecule has 2 aliphatic heterocycles. The van der Waals surface area contributed by atoms with Crippen LogP contribution in [0.4, 0.5) is 11.4 Å². The summed E-state index contributed by atoms with van der Waals surface area (Å²) in [4.78, 5) is 27.3. The summed E-state index contributed by atoms with van der Waals surface area (Å²) in [6.45, 7) is 4.76. The van der Waals surface area contributed by atoms with Gasteiger partial charge in [-0.15, -0.1) is 0 Å². The molecule has 1 unspecified atom stereocenters. The van der Waals surface area contributed by atoms with Crippen molar-refractivity contribution in [2.24, 2.45) is 5.92 Å². The number of aryl methyl sites for hydroxylation is 2. The zero-order valence-corrected chi connectivity index (χ0v) is 16.2. The monoisotopic (exact) mass is 380 g/mol. The molecular weight excluding hydrogens is 356 g/mol. The molecule has 2 heterocycles. The SMILES string of the molecule is CCc1cccc(CC)c1N1CC(C(=O)Nc2ccc3c(c2)OCO3)CC1=O. The molecule has 2 aliphatic rings. The molecular formula is C22H24N2O4. The Bertz CT molecular complexity index is 902. The number of nitrogens with one attached hydrogen (secondary N) is 1. The summed E-state index contributed by atoms with van der Waals surface area (Å²) in [5.74, 6) is 0.755. The predicted octanol–water partition coefficient (Wildman–Crippen LogP) is 3.53. The van der Waals surface area contributed by atoms with Gasteiger partial charge >= 0.3 is 0 Å². The number of nitrogens with zero attached hydrogens (tertiary/aromatic N) is 1. The molecule has 1 atom stereocenters. The molecule has 0 radical (unpaired) electrons. The molecule has 2 amide bonds. The maximum Gasteiger partial charge on any atom is 0.231 e. The van der Waals surface area contributed by atoms with Gasteiger partial charge < -0.3 is 19.7 Å². The van der Waals surface area contributed by atoms with E-state index in [1.807, 2.05) is 6.07 Å². The minimum Gasteiger partial charge on any atom is -0.454 e. The van der Waals surface area contributed by atoms with Crippen molar-refractivity contribution in [1.82, 2.24) is 0 Å². The molecule has 0 aromatic heterocycles. The standard InChI is InChI=1S/C22H24N2O4/c1-3-14-6-5-7-15(4-2)21(14)24-12-16(10-20(24)25)22(26)23-17-8-9-18-19(11-17)28-13-27-18/h5-9,11,16H,3-4,10,12-13H2,1-2H3,(H,23,26). The second-order valence-corrected chi connectivity index (χ2v) is 7.09. The number of carbonyl (C=O) groups is 2. The van der Waals surface area contributed by atoms with Crippen LogP contribution in [0.25, 0.3) is 0 Å². The molecule has 4 rings (SSSR count). The van der Waals surface area contributed by atoms with Crippen LogP contribution in [-0.2, 0) is 22.4 Å². The van der Waals surface area contributed by atoms with E-state index in [1.54, 1.807) is 23.1 Å². The Morgan fingerprint density at radius 1 is 1.11 bits per heavy atom. The van der Waals surface area contributed by atoms with Gasteiger partial charge in [-0.1, -0.05) is 32.0 Å². The topological polar surface area (TPSA) is 67.9 Å². The third-order valence-corrected chi connectivity index (χ3v) is 5.37. The highest BCUT2D eigenvalue weighted by molar-refractivity contribution is 6.04. The highest BCUT2D eigenvalue weighted by atomic mass is 16.7. The number of hydrogen-bond acceptors (Lipinski definition) is 4. The fourth-order valence-corrected chi connectivity index (χ4v) is 3.88. The number of anilines is 2. The van der Waals surface area contributed by atoms with E-state index in [9.17, 15) is 9.59 Å². The molecule has 0 aliphatic carbocycles. The Balaban J connectivity index is 1.51. The molecule has 28 heavy (non-hydrogen) atoms. The summed E-state index contributed by atoms with van der Waals surface area (Å²) in [6, 6.07) is 11.4. The first kappa shape index (κ1) is 18.3. The number of hydrogen-bond donors (Lipinski definition) is 1. The van der Waals surface area contributed by atoms with Crippen LogP contribution in [0.2, 0.25) is 0 Å². The van der Waals surface area contributed by atoms with Crippen molar-refractivity contribution in [3.05, 3.63) is 47.5 Å². The third kappa shape index (κ3) is 3.30. The summed E-state index contributed by atoms with van der Waals surface area (Å²) in [6.07, 6.45) is 1.92. The van der Waals surface area contributed by atoms with Crippen LogP contribution in [0.15, 0.2) is 36.4 Å². The Labute approximate surface area is 164 Å². The number of rotatable bonds is 5. The minimum absolute atomic E-state index is 0.00133. The lowest BCUT2D eigenvalue weighted by atomic mass is 10.0.